The molecular weight excluding hydrogens is 167 g/mol. The number of hydrogen-bond acceptors (Lipinski definition) is 2. The first-order valence-electron chi connectivity index (χ1n) is 5.07. The van der Waals surface area contributed by atoms with Crippen LogP contribution in [0, 0.1) is 5.92 Å². The molecule has 0 bridgehead atoms. The molecular formula is C10H21FN2. The molecule has 13 heavy (non-hydrogen) atoms. The van der Waals surface area contributed by atoms with Crippen LogP contribution in [-0.2, 0) is 0 Å². The molecule has 0 aliphatic carbocycles. The summed E-state index contributed by atoms with van der Waals surface area (Å²) in [7, 11) is 0. The molecule has 0 amide bonds. The maximum atomic E-state index is 13.8. The lowest BCUT2D eigenvalue weighted by Crippen LogP contribution is -2.55. The van der Waals surface area contributed by atoms with Crippen LogP contribution in [-0.4, -0.2) is 24.3 Å². The number of rotatable bonds is 2. The normalized spacial score (nSPS) is 33.0. The van der Waals surface area contributed by atoms with Crippen molar-refractivity contribution in [3.63, 3.8) is 0 Å². The van der Waals surface area contributed by atoms with E-state index < -0.39 is 11.7 Å². The zero-order valence-electron chi connectivity index (χ0n) is 8.81. The summed E-state index contributed by atoms with van der Waals surface area (Å²) in [4.78, 5) is 0. The molecule has 0 spiro atoms. The monoisotopic (exact) mass is 188 g/mol. The number of halogens is 1. The minimum atomic E-state index is -0.949. The maximum Gasteiger partial charge on any atom is 0.133 e. The first-order chi connectivity index (χ1) is 5.91. The zero-order chi connectivity index (χ0) is 10.1. The molecule has 78 valence electrons. The van der Waals surface area contributed by atoms with E-state index in [9.17, 15) is 4.39 Å². The Balaban J connectivity index is 2.51. The lowest BCUT2D eigenvalue weighted by atomic mass is 9.85. The summed E-state index contributed by atoms with van der Waals surface area (Å²) in [5.41, 5.74) is 5.01. The van der Waals surface area contributed by atoms with Crippen LogP contribution in [0.25, 0.3) is 0 Å². The molecule has 0 saturated carbocycles. The van der Waals surface area contributed by atoms with E-state index in [0.29, 0.717) is 5.92 Å². The Bertz CT molecular complexity index is 165. The molecule has 1 aliphatic heterocycles. The van der Waals surface area contributed by atoms with Gasteiger partial charge in [0.15, 0.2) is 0 Å². The van der Waals surface area contributed by atoms with E-state index >= 15 is 0 Å². The van der Waals surface area contributed by atoms with E-state index in [0.717, 1.165) is 19.4 Å². The molecule has 1 saturated heterocycles. The maximum absolute atomic E-state index is 13.8. The number of nitrogens with one attached hydrogen (secondary N) is 1. The molecule has 3 unspecified atom stereocenters. The summed E-state index contributed by atoms with van der Waals surface area (Å²) in [6, 6.07) is -0.0521. The van der Waals surface area contributed by atoms with Gasteiger partial charge in [-0.25, -0.2) is 4.39 Å². The quantitative estimate of drug-likeness (QED) is 0.688. The van der Waals surface area contributed by atoms with Gasteiger partial charge in [0.25, 0.3) is 0 Å². The highest BCUT2D eigenvalue weighted by Crippen LogP contribution is 2.23. The van der Waals surface area contributed by atoms with Gasteiger partial charge in [-0.05, 0) is 39.2 Å². The van der Waals surface area contributed by atoms with Gasteiger partial charge in [-0.15, -0.1) is 0 Å². The average molecular weight is 188 g/mol. The van der Waals surface area contributed by atoms with Gasteiger partial charge in [0, 0.05) is 11.6 Å². The summed E-state index contributed by atoms with van der Waals surface area (Å²) in [6.45, 7) is 6.59. The van der Waals surface area contributed by atoms with Gasteiger partial charge in [0.05, 0.1) is 0 Å². The third-order valence-corrected chi connectivity index (χ3v) is 2.76. The predicted molar refractivity (Wildman–Crippen MR) is 53.4 cm³/mol. The molecule has 1 fully saturated rings. The SMILES string of the molecule is CC1CCNC(C(F)C(C)(C)N)C1. The molecule has 2 nitrogen and oxygen atoms in total. The van der Waals surface area contributed by atoms with Crippen LogP contribution in [0.4, 0.5) is 4.39 Å². The van der Waals surface area contributed by atoms with Crippen LogP contribution in [0.15, 0.2) is 0 Å². The van der Waals surface area contributed by atoms with Crippen molar-refractivity contribution in [2.24, 2.45) is 11.7 Å². The van der Waals surface area contributed by atoms with Crippen molar-refractivity contribution in [3.8, 4) is 0 Å². The molecule has 3 heteroatoms. The fourth-order valence-corrected chi connectivity index (χ4v) is 1.89. The second-order valence-electron chi connectivity index (χ2n) is 4.91. The van der Waals surface area contributed by atoms with Gasteiger partial charge >= 0.3 is 0 Å². The molecule has 1 aliphatic rings. The van der Waals surface area contributed by atoms with Crippen LogP contribution in [0.3, 0.4) is 0 Å². The van der Waals surface area contributed by atoms with Gasteiger partial charge in [0.1, 0.15) is 6.17 Å². The van der Waals surface area contributed by atoms with Gasteiger partial charge in [-0.2, -0.15) is 0 Å². The van der Waals surface area contributed by atoms with Crippen LogP contribution in [0.1, 0.15) is 33.6 Å². The average Bonchev–Trinajstić information content (AvgIpc) is 2.01. The fourth-order valence-electron chi connectivity index (χ4n) is 1.89. The van der Waals surface area contributed by atoms with Crippen molar-refractivity contribution in [2.45, 2.75) is 51.4 Å². The Kier molecular flexibility index (Phi) is 3.30. The number of hydrogen-bond donors (Lipinski definition) is 2. The smallest absolute Gasteiger partial charge is 0.133 e. The summed E-state index contributed by atoms with van der Waals surface area (Å²) in [6.07, 6.45) is 1.10. The van der Waals surface area contributed by atoms with Gasteiger partial charge in [0.2, 0.25) is 0 Å². The van der Waals surface area contributed by atoms with Gasteiger partial charge in [-0.1, -0.05) is 6.92 Å². The zero-order valence-corrected chi connectivity index (χ0v) is 8.81. The fraction of sp³-hybridized carbons (Fsp3) is 1.00. The Morgan fingerprint density at radius 1 is 1.54 bits per heavy atom. The highest BCUT2D eigenvalue weighted by Gasteiger charge is 2.34. The second kappa shape index (κ2) is 3.93. The number of piperidine rings is 1. The number of alkyl halides is 1. The molecule has 0 aromatic heterocycles. The third kappa shape index (κ3) is 2.92. The first-order valence-corrected chi connectivity index (χ1v) is 5.07. The minimum absolute atomic E-state index is 0.0521. The van der Waals surface area contributed by atoms with E-state index in [1.54, 1.807) is 13.8 Å². The van der Waals surface area contributed by atoms with Crippen LogP contribution in [0.2, 0.25) is 0 Å². The standard InChI is InChI=1S/C10H21FN2/c1-7-4-5-13-8(6-7)9(11)10(2,3)12/h7-9,13H,4-6,12H2,1-3H3. The molecule has 1 rings (SSSR count). The molecule has 0 aromatic rings. The summed E-state index contributed by atoms with van der Waals surface area (Å²) < 4.78 is 13.8. The van der Waals surface area contributed by atoms with Crippen molar-refractivity contribution in [1.29, 1.82) is 0 Å². The third-order valence-electron chi connectivity index (χ3n) is 2.76. The minimum Gasteiger partial charge on any atom is -0.323 e. The first kappa shape index (κ1) is 10.9. The highest BCUT2D eigenvalue weighted by molar-refractivity contribution is 4.93. The number of nitrogens with two attached hydrogens (primary N) is 1. The van der Waals surface area contributed by atoms with Crippen molar-refractivity contribution < 1.29 is 4.39 Å². The molecule has 0 aromatic carbocycles. The Morgan fingerprint density at radius 3 is 2.62 bits per heavy atom. The highest BCUT2D eigenvalue weighted by atomic mass is 19.1. The van der Waals surface area contributed by atoms with Crippen LogP contribution in [0.5, 0.6) is 0 Å². The van der Waals surface area contributed by atoms with E-state index in [1.807, 2.05) is 0 Å². The van der Waals surface area contributed by atoms with Crippen molar-refractivity contribution in [3.05, 3.63) is 0 Å². The van der Waals surface area contributed by atoms with Gasteiger partial charge < -0.3 is 11.1 Å². The molecule has 0 radical (unpaired) electrons. The Morgan fingerprint density at radius 2 is 2.15 bits per heavy atom. The Labute approximate surface area is 80.1 Å². The molecule has 1 heterocycles. The summed E-state index contributed by atoms with van der Waals surface area (Å²) in [5, 5.41) is 3.20. The lowest BCUT2D eigenvalue weighted by molar-refractivity contribution is 0.130. The predicted octanol–water partition coefficient (Wildman–Crippen LogP) is 1.45. The van der Waals surface area contributed by atoms with Crippen molar-refractivity contribution in [1.82, 2.24) is 5.32 Å². The summed E-state index contributed by atoms with van der Waals surface area (Å²) in [5.74, 6) is 0.617. The molecule has 3 N–H and O–H groups in total. The van der Waals surface area contributed by atoms with E-state index in [4.69, 9.17) is 5.73 Å². The Hall–Kier alpha value is -0.150. The second-order valence-corrected chi connectivity index (χ2v) is 4.91. The van der Waals surface area contributed by atoms with Crippen LogP contribution < -0.4 is 11.1 Å². The van der Waals surface area contributed by atoms with E-state index in [-0.39, 0.29) is 6.04 Å². The topological polar surface area (TPSA) is 38.0 Å². The van der Waals surface area contributed by atoms with Crippen LogP contribution >= 0.6 is 0 Å². The van der Waals surface area contributed by atoms with Gasteiger partial charge in [-0.3, -0.25) is 0 Å². The van der Waals surface area contributed by atoms with Crippen molar-refractivity contribution in [2.75, 3.05) is 6.54 Å². The van der Waals surface area contributed by atoms with E-state index in [2.05, 4.69) is 12.2 Å². The summed E-state index contributed by atoms with van der Waals surface area (Å²) >= 11 is 0. The molecule has 3 atom stereocenters. The van der Waals surface area contributed by atoms with Crippen molar-refractivity contribution >= 4 is 0 Å². The lowest BCUT2D eigenvalue weighted by Gasteiger charge is -2.36. The largest absolute Gasteiger partial charge is 0.323 e. The van der Waals surface area contributed by atoms with E-state index in [1.165, 1.54) is 0 Å².